The molecule has 0 spiro atoms. The van der Waals surface area contributed by atoms with Crippen LogP contribution in [-0.2, 0) is 0 Å². The first-order chi connectivity index (χ1) is 10.0. The van der Waals surface area contributed by atoms with Crippen LogP contribution in [0.2, 0.25) is 5.02 Å². The summed E-state index contributed by atoms with van der Waals surface area (Å²) >= 11 is 9.17. The van der Waals surface area contributed by atoms with Crippen molar-refractivity contribution < 1.29 is 14.3 Å². The Kier molecular flexibility index (Phi) is 5.09. The van der Waals surface area contributed by atoms with Gasteiger partial charge in [-0.05, 0) is 52.3 Å². The maximum atomic E-state index is 12.3. The van der Waals surface area contributed by atoms with Crippen molar-refractivity contribution in [3.63, 3.8) is 0 Å². The third-order valence-electron chi connectivity index (χ3n) is 2.80. The molecule has 0 aliphatic heterocycles. The standard InChI is InChI=1S/C15H13BrClNO3/c1-20-13-8-9(7-12(16)14(13)21-2)15(19)18-11-5-3-10(17)4-6-11/h3-8H,1-2H3,(H,18,19). The van der Waals surface area contributed by atoms with Gasteiger partial charge in [0, 0.05) is 16.3 Å². The lowest BCUT2D eigenvalue weighted by Crippen LogP contribution is -2.12. The summed E-state index contributed by atoms with van der Waals surface area (Å²) in [5, 5.41) is 3.40. The van der Waals surface area contributed by atoms with Gasteiger partial charge < -0.3 is 14.8 Å². The quantitative estimate of drug-likeness (QED) is 0.869. The molecule has 0 radical (unpaired) electrons. The first-order valence-corrected chi connectivity index (χ1v) is 7.20. The third kappa shape index (κ3) is 3.68. The minimum atomic E-state index is -0.251. The van der Waals surface area contributed by atoms with Crippen LogP contribution in [0.4, 0.5) is 5.69 Å². The SMILES string of the molecule is COc1cc(C(=O)Nc2ccc(Cl)cc2)cc(Br)c1OC. The van der Waals surface area contributed by atoms with Crippen LogP contribution in [0.5, 0.6) is 11.5 Å². The molecule has 6 heteroatoms. The molecule has 0 fully saturated rings. The number of methoxy groups -OCH3 is 2. The molecule has 0 saturated heterocycles. The van der Waals surface area contributed by atoms with Gasteiger partial charge in [0.1, 0.15) is 0 Å². The number of amides is 1. The van der Waals surface area contributed by atoms with Gasteiger partial charge in [0.2, 0.25) is 0 Å². The maximum absolute atomic E-state index is 12.3. The van der Waals surface area contributed by atoms with Gasteiger partial charge in [0.25, 0.3) is 5.91 Å². The molecular formula is C15H13BrClNO3. The van der Waals surface area contributed by atoms with Gasteiger partial charge in [-0.3, -0.25) is 4.79 Å². The molecule has 0 unspecified atom stereocenters. The maximum Gasteiger partial charge on any atom is 0.255 e. The first-order valence-electron chi connectivity index (χ1n) is 6.03. The molecule has 21 heavy (non-hydrogen) atoms. The monoisotopic (exact) mass is 369 g/mol. The van der Waals surface area contributed by atoms with Crippen molar-refractivity contribution in [2.24, 2.45) is 0 Å². The van der Waals surface area contributed by atoms with E-state index in [4.69, 9.17) is 21.1 Å². The highest BCUT2D eigenvalue weighted by atomic mass is 79.9. The van der Waals surface area contributed by atoms with Crippen LogP contribution in [-0.4, -0.2) is 20.1 Å². The number of carbonyl (C=O) groups is 1. The average molecular weight is 371 g/mol. The second-order valence-corrected chi connectivity index (χ2v) is 5.45. The highest BCUT2D eigenvalue weighted by molar-refractivity contribution is 9.10. The van der Waals surface area contributed by atoms with Gasteiger partial charge in [0.05, 0.1) is 18.7 Å². The van der Waals surface area contributed by atoms with E-state index in [2.05, 4.69) is 21.2 Å². The molecule has 0 aliphatic rings. The third-order valence-corrected chi connectivity index (χ3v) is 3.64. The lowest BCUT2D eigenvalue weighted by Gasteiger charge is -2.12. The summed E-state index contributed by atoms with van der Waals surface area (Å²) in [5.74, 6) is 0.771. The Morgan fingerprint density at radius 2 is 1.81 bits per heavy atom. The Morgan fingerprint density at radius 1 is 1.14 bits per heavy atom. The van der Waals surface area contributed by atoms with Crippen molar-refractivity contribution in [2.75, 3.05) is 19.5 Å². The smallest absolute Gasteiger partial charge is 0.255 e. The molecule has 0 bridgehead atoms. The summed E-state index contributed by atoms with van der Waals surface area (Å²) in [6.07, 6.45) is 0. The van der Waals surface area contributed by atoms with Gasteiger partial charge in [-0.2, -0.15) is 0 Å². The van der Waals surface area contributed by atoms with E-state index in [0.29, 0.717) is 32.2 Å². The Morgan fingerprint density at radius 3 is 2.38 bits per heavy atom. The summed E-state index contributed by atoms with van der Waals surface area (Å²) in [6, 6.07) is 10.2. The van der Waals surface area contributed by atoms with Gasteiger partial charge in [-0.1, -0.05) is 11.6 Å². The molecule has 2 rings (SSSR count). The van der Waals surface area contributed by atoms with E-state index in [1.165, 1.54) is 14.2 Å². The molecule has 0 atom stereocenters. The lowest BCUT2D eigenvalue weighted by atomic mass is 10.2. The van der Waals surface area contributed by atoms with Crippen LogP contribution >= 0.6 is 27.5 Å². The summed E-state index contributed by atoms with van der Waals surface area (Å²) in [6.45, 7) is 0. The molecule has 1 amide bonds. The molecule has 110 valence electrons. The van der Waals surface area contributed by atoms with Gasteiger partial charge in [-0.25, -0.2) is 0 Å². The number of ether oxygens (including phenoxy) is 2. The van der Waals surface area contributed by atoms with Gasteiger partial charge in [0.15, 0.2) is 11.5 Å². The van der Waals surface area contributed by atoms with E-state index in [9.17, 15) is 4.79 Å². The van der Waals surface area contributed by atoms with Crippen molar-refractivity contribution in [1.29, 1.82) is 0 Å². The minimum Gasteiger partial charge on any atom is -0.493 e. The number of hydrogen-bond acceptors (Lipinski definition) is 3. The summed E-state index contributed by atoms with van der Waals surface area (Å²) in [5.41, 5.74) is 1.12. The van der Waals surface area contributed by atoms with E-state index in [0.717, 1.165) is 0 Å². The minimum absolute atomic E-state index is 0.251. The molecular weight excluding hydrogens is 358 g/mol. The number of hydrogen-bond donors (Lipinski definition) is 1. The Labute approximate surface area is 136 Å². The number of rotatable bonds is 4. The first kappa shape index (κ1) is 15.7. The fourth-order valence-electron chi connectivity index (χ4n) is 1.79. The highest BCUT2D eigenvalue weighted by Gasteiger charge is 2.15. The second kappa shape index (κ2) is 6.83. The fraction of sp³-hybridized carbons (Fsp3) is 0.133. The van der Waals surface area contributed by atoms with Crippen LogP contribution in [0.15, 0.2) is 40.9 Å². The van der Waals surface area contributed by atoms with Crippen LogP contribution in [0.25, 0.3) is 0 Å². The van der Waals surface area contributed by atoms with E-state index in [1.54, 1.807) is 36.4 Å². The van der Waals surface area contributed by atoms with E-state index >= 15 is 0 Å². The Bertz CT molecular complexity index is 659. The van der Waals surface area contributed by atoms with Crippen LogP contribution in [0.1, 0.15) is 10.4 Å². The molecule has 0 heterocycles. The van der Waals surface area contributed by atoms with Gasteiger partial charge >= 0.3 is 0 Å². The zero-order valence-electron chi connectivity index (χ0n) is 11.4. The molecule has 0 aromatic heterocycles. The van der Waals surface area contributed by atoms with Crippen molar-refractivity contribution in [1.82, 2.24) is 0 Å². The van der Waals surface area contributed by atoms with Gasteiger partial charge in [-0.15, -0.1) is 0 Å². The summed E-state index contributed by atoms with van der Waals surface area (Å²) in [4.78, 5) is 12.3. The van der Waals surface area contributed by atoms with E-state index in [-0.39, 0.29) is 5.91 Å². The van der Waals surface area contributed by atoms with E-state index in [1.807, 2.05) is 0 Å². The lowest BCUT2D eigenvalue weighted by molar-refractivity contribution is 0.102. The molecule has 2 aromatic carbocycles. The Hall–Kier alpha value is -1.72. The highest BCUT2D eigenvalue weighted by Crippen LogP contribution is 2.36. The number of benzene rings is 2. The normalized spacial score (nSPS) is 10.1. The predicted octanol–water partition coefficient (Wildman–Crippen LogP) is 4.37. The van der Waals surface area contributed by atoms with Crippen molar-refractivity contribution >= 4 is 39.1 Å². The Balaban J connectivity index is 2.27. The summed E-state index contributed by atoms with van der Waals surface area (Å²) in [7, 11) is 3.06. The van der Waals surface area contributed by atoms with E-state index < -0.39 is 0 Å². The van der Waals surface area contributed by atoms with Crippen molar-refractivity contribution in [3.8, 4) is 11.5 Å². The molecule has 0 saturated carbocycles. The second-order valence-electron chi connectivity index (χ2n) is 4.15. The number of anilines is 1. The zero-order valence-corrected chi connectivity index (χ0v) is 13.8. The molecule has 2 aromatic rings. The molecule has 4 nitrogen and oxygen atoms in total. The fourth-order valence-corrected chi connectivity index (χ4v) is 2.52. The molecule has 1 N–H and O–H groups in total. The number of nitrogens with one attached hydrogen (secondary N) is 1. The topological polar surface area (TPSA) is 47.6 Å². The number of halogens is 2. The molecule has 0 aliphatic carbocycles. The van der Waals surface area contributed by atoms with Crippen LogP contribution in [0, 0.1) is 0 Å². The zero-order chi connectivity index (χ0) is 15.4. The average Bonchev–Trinajstić information content (AvgIpc) is 2.48. The van der Waals surface area contributed by atoms with Crippen LogP contribution < -0.4 is 14.8 Å². The van der Waals surface area contributed by atoms with Crippen molar-refractivity contribution in [2.45, 2.75) is 0 Å². The predicted molar refractivity (Wildman–Crippen MR) is 86.7 cm³/mol. The largest absolute Gasteiger partial charge is 0.493 e. The van der Waals surface area contributed by atoms with Crippen LogP contribution in [0.3, 0.4) is 0 Å². The summed E-state index contributed by atoms with van der Waals surface area (Å²) < 4.78 is 11.1. The van der Waals surface area contributed by atoms with Crippen molar-refractivity contribution in [3.05, 3.63) is 51.5 Å². The number of carbonyl (C=O) groups excluding carboxylic acids is 1.